The number of fused-ring (bicyclic) bond motifs is 1. The number of hydrogen-bond acceptors (Lipinski definition) is 4. The number of ether oxygens (including phenoxy) is 1. The van der Waals surface area contributed by atoms with Crippen LogP contribution in [0.3, 0.4) is 0 Å². The minimum Gasteiger partial charge on any atom is -0.458 e. The van der Waals surface area contributed by atoms with E-state index in [4.69, 9.17) is 4.74 Å². The van der Waals surface area contributed by atoms with E-state index >= 15 is 0 Å². The van der Waals surface area contributed by atoms with E-state index in [0.717, 1.165) is 0 Å². The topological polar surface area (TPSA) is 74.4 Å². The molecule has 0 aliphatic carbocycles. The average Bonchev–Trinajstić information content (AvgIpc) is 2.39. The number of hydrogen-bond donors (Lipinski definition) is 1. The number of rotatable bonds is 2. The van der Waals surface area contributed by atoms with E-state index in [1.54, 1.807) is 6.92 Å². The Hall–Kier alpha value is -2.51. The minimum atomic E-state index is -1.26. The summed E-state index contributed by atoms with van der Waals surface area (Å²) in [5.74, 6) is -3.45. The number of esters is 1. The summed E-state index contributed by atoms with van der Waals surface area (Å²) >= 11 is 0. The molecule has 8 heteroatoms. The van der Waals surface area contributed by atoms with Gasteiger partial charge in [-0.1, -0.05) is 0 Å². The first kappa shape index (κ1) is 13.9. The number of benzene rings is 1. The van der Waals surface area contributed by atoms with E-state index in [1.807, 2.05) is 0 Å². The zero-order valence-corrected chi connectivity index (χ0v) is 10.7. The molecule has 0 aliphatic heterocycles. The van der Waals surface area contributed by atoms with Gasteiger partial charge in [0.15, 0.2) is 17.2 Å². The molecule has 106 valence electrons. The van der Waals surface area contributed by atoms with Gasteiger partial charge in [0.25, 0.3) is 5.52 Å². The van der Waals surface area contributed by atoms with Gasteiger partial charge in [0.05, 0.1) is 17.1 Å². The van der Waals surface area contributed by atoms with Crippen LogP contribution < -0.4 is 4.43 Å². The normalized spacial score (nSPS) is 10.8. The van der Waals surface area contributed by atoms with E-state index in [0.29, 0.717) is 16.9 Å². The lowest BCUT2D eigenvalue weighted by atomic mass is 10.2. The average molecular weight is 285 g/mol. The molecule has 2 rings (SSSR count). The molecule has 1 heterocycles. The second-order valence-electron chi connectivity index (χ2n) is 4.02. The Bertz CT molecular complexity index is 770. The zero-order chi connectivity index (χ0) is 15.0. The maximum atomic E-state index is 13.2. The van der Waals surface area contributed by atoms with Gasteiger partial charge >= 0.3 is 11.7 Å². The highest BCUT2D eigenvalue weighted by Gasteiger charge is 2.31. The first-order valence-electron chi connectivity index (χ1n) is 5.71. The smallest absolute Gasteiger partial charge is 0.410 e. The van der Waals surface area contributed by atoms with E-state index in [2.05, 4.69) is 0 Å². The molecule has 1 aromatic carbocycles. The summed E-state index contributed by atoms with van der Waals surface area (Å²) in [4.78, 5) is 23.8. The monoisotopic (exact) mass is 285 g/mol. The Morgan fingerprint density at radius 2 is 2.00 bits per heavy atom. The van der Waals surface area contributed by atoms with Gasteiger partial charge in [-0.05, 0) is 13.8 Å². The quantitative estimate of drug-likeness (QED) is 0.516. The standard InChI is InChI=1S/C12H11F2N2O4/c1-3-20-12(17)11-6(2)15(18)9-4-7(13)8(14)5-10(9)16(11)19/h4-5,18H,3H2,1-2H3/q+1. The highest BCUT2D eigenvalue weighted by Crippen LogP contribution is 2.17. The lowest BCUT2D eigenvalue weighted by molar-refractivity contribution is -0.470. The predicted molar refractivity (Wildman–Crippen MR) is 63.1 cm³/mol. The molecule has 1 aromatic heterocycles. The van der Waals surface area contributed by atoms with Crippen molar-refractivity contribution in [2.24, 2.45) is 0 Å². The molecule has 0 saturated heterocycles. The van der Waals surface area contributed by atoms with Crippen LogP contribution in [0.2, 0.25) is 0 Å². The van der Waals surface area contributed by atoms with E-state index < -0.39 is 23.3 Å². The molecule has 0 spiro atoms. The predicted octanol–water partition coefficient (Wildman–Crippen LogP) is 1.56. The molecule has 0 radical (unpaired) electrons. The van der Waals surface area contributed by atoms with Crippen molar-refractivity contribution in [2.75, 3.05) is 6.61 Å². The molecule has 0 unspecified atom stereocenters. The maximum absolute atomic E-state index is 13.2. The molecule has 6 nitrogen and oxygen atoms in total. The van der Waals surface area contributed by atoms with Crippen molar-refractivity contribution in [3.05, 3.63) is 40.1 Å². The van der Waals surface area contributed by atoms with Gasteiger partial charge in [-0.15, -0.1) is 0 Å². The van der Waals surface area contributed by atoms with Crippen molar-refractivity contribution >= 4 is 17.0 Å². The molecule has 0 amide bonds. The van der Waals surface area contributed by atoms with Gasteiger partial charge in [0, 0.05) is 11.0 Å². The Morgan fingerprint density at radius 3 is 2.60 bits per heavy atom. The molecule has 2 aromatic rings. The second kappa shape index (κ2) is 4.87. The SMILES string of the molecule is CCOC(=O)c1c(C)n(O)c2cc(F)c(F)cc2[n+]1=O. The zero-order valence-electron chi connectivity index (χ0n) is 10.7. The lowest BCUT2D eigenvalue weighted by Gasteiger charge is -2.06. The van der Waals surface area contributed by atoms with E-state index in [1.165, 1.54) is 6.92 Å². The van der Waals surface area contributed by atoms with Crippen LogP contribution in [0, 0.1) is 23.5 Å². The van der Waals surface area contributed by atoms with Crippen LogP contribution in [0.4, 0.5) is 8.78 Å². The Balaban J connectivity index is 2.89. The third-order valence-electron chi connectivity index (χ3n) is 2.80. The van der Waals surface area contributed by atoms with Crippen LogP contribution in [0.25, 0.3) is 11.0 Å². The second-order valence-corrected chi connectivity index (χ2v) is 4.02. The number of carbonyl (C=O) groups is 1. The molecule has 0 bridgehead atoms. The van der Waals surface area contributed by atoms with Crippen molar-refractivity contribution < 1.29 is 27.9 Å². The third kappa shape index (κ3) is 1.98. The summed E-state index contributed by atoms with van der Waals surface area (Å²) in [5.41, 5.74) is -1.28. The van der Waals surface area contributed by atoms with Gasteiger partial charge in [0.1, 0.15) is 5.69 Å². The fourth-order valence-electron chi connectivity index (χ4n) is 1.84. The van der Waals surface area contributed by atoms with Gasteiger partial charge in [-0.25, -0.2) is 13.6 Å². The first-order chi connectivity index (χ1) is 9.38. The van der Waals surface area contributed by atoms with Crippen LogP contribution in [-0.4, -0.2) is 22.5 Å². The van der Waals surface area contributed by atoms with Gasteiger partial charge < -0.3 is 9.94 Å². The highest BCUT2D eigenvalue weighted by molar-refractivity contribution is 5.88. The molecule has 0 saturated carbocycles. The molecule has 20 heavy (non-hydrogen) atoms. The van der Waals surface area contributed by atoms with Gasteiger partial charge in [0.2, 0.25) is 0 Å². The van der Waals surface area contributed by atoms with Gasteiger partial charge in [-0.3, -0.25) is 0 Å². The van der Waals surface area contributed by atoms with Crippen molar-refractivity contribution in [1.82, 2.24) is 4.73 Å². The number of carbonyl (C=O) groups excluding carboxylic acids is 1. The summed E-state index contributed by atoms with van der Waals surface area (Å²) in [5, 5.41) is 9.86. The molecule has 0 fully saturated rings. The van der Waals surface area contributed by atoms with Crippen LogP contribution in [0.5, 0.6) is 0 Å². The number of nitrogens with zero attached hydrogens (tertiary/aromatic N) is 2. The largest absolute Gasteiger partial charge is 0.458 e. The summed E-state index contributed by atoms with van der Waals surface area (Å²) < 4.78 is 31.6. The number of halogens is 2. The molecule has 0 aliphatic rings. The fraction of sp³-hybridized carbons (Fsp3) is 0.250. The molecule has 1 N–H and O–H groups in total. The Morgan fingerprint density at radius 1 is 1.40 bits per heavy atom. The molecular weight excluding hydrogens is 274 g/mol. The fourth-order valence-corrected chi connectivity index (χ4v) is 1.84. The summed E-state index contributed by atoms with van der Waals surface area (Å²) in [6.07, 6.45) is 0. The van der Waals surface area contributed by atoms with Crippen molar-refractivity contribution in [2.45, 2.75) is 13.8 Å². The van der Waals surface area contributed by atoms with E-state index in [-0.39, 0.29) is 27.8 Å². The van der Waals surface area contributed by atoms with Crippen LogP contribution >= 0.6 is 0 Å². The maximum Gasteiger partial charge on any atom is 0.410 e. The van der Waals surface area contributed by atoms with Crippen LogP contribution in [0.1, 0.15) is 23.1 Å². The van der Waals surface area contributed by atoms with Crippen molar-refractivity contribution in [1.29, 1.82) is 0 Å². The summed E-state index contributed by atoms with van der Waals surface area (Å²) in [6, 6.07) is 1.27. The van der Waals surface area contributed by atoms with Gasteiger partial charge in [-0.2, -0.15) is 4.73 Å². The summed E-state index contributed by atoms with van der Waals surface area (Å²) in [6.45, 7) is 2.85. The van der Waals surface area contributed by atoms with E-state index in [9.17, 15) is 23.7 Å². The van der Waals surface area contributed by atoms with Crippen LogP contribution in [0.15, 0.2) is 12.1 Å². The number of aromatic nitrogens is 2. The van der Waals surface area contributed by atoms with Crippen molar-refractivity contribution in [3.63, 3.8) is 0 Å². The summed E-state index contributed by atoms with van der Waals surface area (Å²) in [7, 11) is 0. The Kier molecular flexibility index (Phi) is 3.39. The van der Waals surface area contributed by atoms with Crippen molar-refractivity contribution in [3.8, 4) is 0 Å². The third-order valence-corrected chi connectivity index (χ3v) is 2.80. The molecular formula is C12H11F2N2O4+. The minimum absolute atomic E-state index is 0.0273. The highest BCUT2D eigenvalue weighted by atomic mass is 19.2. The van der Waals surface area contributed by atoms with Crippen LogP contribution in [-0.2, 0) is 4.74 Å². The molecule has 0 atom stereocenters. The Labute approximate surface area is 111 Å². The lowest BCUT2D eigenvalue weighted by Crippen LogP contribution is -2.32. The first-order valence-corrected chi connectivity index (χ1v) is 5.71.